The minimum atomic E-state index is -3.94. The minimum Gasteiger partial charge on any atom is -0.394 e. The van der Waals surface area contributed by atoms with E-state index in [2.05, 4.69) is 4.72 Å². The first-order valence-electron chi connectivity index (χ1n) is 9.71. The predicted molar refractivity (Wildman–Crippen MR) is 101 cm³/mol. The Balaban J connectivity index is 1.59. The Hall–Kier alpha value is -1.55. The van der Waals surface area contributed by atoms with Gasteiger partial charge in [-0.3, -0.25) is 4.79 Å². The molecule has 2 fully saturated rings. The second-order valence-electron chi connectivity index (χ2n) is 7.39. The van der Waals surface area contributed by atoms with Gasteiger partial charge in [-0.25, -0.2) is 17.5 Å². The van der Waals surface area contributed by atoms with Gasteiger partial charge in [-0.2, -0.15) is 0 Å². The summed E-state index contributed by atoms with van der Waals surface area (Å²) in [5, 5.41) is 9.66. The molecule has 2 aliphatic rings. The number of nitrogens with zero attached hydrogens (tertiary/aromatic N) is 1. The van der Waals surface area contributed by atoms with Gasteiger partial charge in [0, 0.05) is 13.1 Å². The summed E-state index contributed by atoms with van der Waals surface area (Å²) in [6.45, 7) is 1.17. The topological polar surface area (TPSA) is 95.9 Å². The standard InChI is InChI=1S/C19H27FN2O5S/c20-14-5-4-6-16(11-14)28(25,26)21-17-8-7-15(27-18(17)13-23)12-19(24)22-9-2-1-3-10-22/h4-6,11,15,17-18,21,23H,1-3,7-10,12-13H2/t15-,17-,18-/m1/s1. The Morgan fingerprint density at radius 2 is 2.00 bits per heavy atom. The molecule has 1 aromatic rings. The minimum absolute atomic E-state index is 0.0418. The van der Waals surface area contributed by atoms with E-state index in [1.54, 1.807) is 0 Å². The van der Waals surface area contributed by atoms with E-state index in [1.807, 2.05) is 4.90 Å². The van der Waals surface area contributed by atoms with E-state index in [0.29, 0.717) is 12.8 Å². The summed E-state index contributed by atoms with van der Waals surface area (Å²) < 4.78 is 46.7. The number of aliphatic hydroxyl groups excluding tert-OH is 1. The van der Waals surface area contributed by atoms with Crippen molar-refractivity contribution in [1.29, 1.82) is 0 Å². The number of ether oxygens (including phenoxy) is 1. The van der Waals surface area contributed by atoms with Crippen molar-refractivity contribution in [2.75, 3.05) is 19.7 Å². The normalized spacial score (nSPS) is 26.2. The fraction of sp³-hybridized carbons (Fsp3) is 0.632. The monoisotopic (exact) mass is 414 g/mol. The van der Waals surface area contributed by atoms with E-state index in [9.17, 15) is 22.7 Å². The average Bonchev–Trinajstić information content (AvgIpc) is 2.69. The van der Waals surface area contributed by atoms with E-state index in [0.717, 1.165) is 38.4 Å². The van der Waals surface area contributed by atoms with E-state index in [1.165, 1.54) is 18.2 Å². The number of benzene rings is 1. The lowest BCUT2D eigenvalue weighted by Gasteiger charge is -2.36. The number of hydrogen-bond acceptors (Lipinski definition) is 5. The van der Waals surface area contributed by atoms with Crippen LogP contribution in [0.1, 0.15) is 38.5 Å². The van der Waals surface area contributed by atoms with Crippen LogP contribution >= 0.6 is 0 Å². The lowest BCUT2D eigenvalue weighted by Crippen LogP contribution is -2.51. The molecule has 2 aliphatic heterocycles. The molecule has 156 valence electrons. The zero-order valence-corrected chi connectivity index (χ0v) is 16.5. The smallest absolute Gasteiger partial charge is 0.241 e. The van der Waals surface area contributed by atoms with Crippen molar-refractivity contribution in [3.05, 3.63) is 30.1 Å². The van der Waals surface area contributed by atoms with Crippen LogP contribution in [0.5, 0.6) is 0 Å². The number of rotatable bonds is 6. The van der Waals surface area contributed by atoms with Crippen LogP contribution in [0.4, 0.5) is 4.39 Å². The maximum atomic E-state index is 13.4. The van der Waals surface area contributed by atoms with Crippen molar-refractivity contribution in [1.82, 2.24) is 9.62 Å². The third-order valence-corrected chi connectivity index (χ3v) is 6.81. The van der Waals surface area contributed by atoms with Gasteiger partial charge in [0.2, 0.25) is 15.9 Å². The first-order chi connectivity index (χ1) is 13.4. The quantitative estimate of drug-likeness (QED) is 0.734. The maximum absolute atomic E-state index is 13.4. The molecule has 1 amide bonds. The molecule has 1 aromatic carbocycles. The molecule has 3 rings (SSSR count). The molecule has 0 aromatic heterocycles. The van der Waals surface area contributed by atoms with Crippen LogP contribution in [-0.2, 0) is 19.6 Å². The molecule has 0 radical (unpaired) electrons. The number of piperidine rings is 1. The van der Waals surface area contributed by atoms with E-state index < -0.39 is 28.0 Å². The molecule has 2 heterocycles. The highest BCUT2D eigenvalue weighted by Gasteiger charge is 2.35. The summed E-state index contributed by atoms with van der Waals surface area (Å²) >= 11 is 0. The highest BCUT2D eigenvalue weighted by molar-refractivity contribution is 7.89. The molecule has 2 saturated heterocycles. The molecule has 0 bridgehead atoms. The Labute approximate surface area is 164 Å². The van der Waals surface area contributed by atoms with Gasteiger partial charge in [0.1, 0.15) is 5.82 Å². The van der Waals surface area contributed by atoms with Gasteiger partial charge in [-0.15, -0.1) is 0 Å². The summed E-state index contributed by atoms with van der Waals surface area (Å²) in [4.78, 5) is 14.1. The predicted octanol–water partition coefficient (Wildman–Crippen LogP) is 1.42. The maximum Gasteiger partial charge on any atom is 0.241 e. The second kappa shape index (κ2) is 9.30. The number of hydrogen-bond donors (Lipinski definition) is 2. The van der Waals surface area contributed by atoms with Crippen LogP contribution in [0, 0.1) is 5.82 Å². The van der Waals surface area contributed by atoms with Gasteiger partial charge in [-0.05, 0) is 50.3 Å². The van der Waals surface area contributed by atoms with Crippen LogP contribution in [0.3, 0.4) is 0 Å². The molecule has 2 N–H and O–H groups in total. The number of halogens is 1. The largest absolute Gasteiger partial charge is 0.394 e. The molecule has 0 saturated carbocycles. The average molecular weight is 414 g/mol. The van der Waals surface area contributed by atoms with Crippen LogP contribution in [0.25, 0.3) is 0 Å². The molecule has 0 aliphatic carbocycles. The van der Waals surface area contributed by atoms with E-state index in [4.69, 9.17) is 4.74 Å². The van der Waals surface area contributed by atoms with Gasteiger partial charge in [0.05, 0.1) is 36.2 Å². The lowest BCUT2D eigenvalue weighted by atomic mass is 9.97. The molecule has 0 unspecified atom stereocenters. The molecule has 3 atom stereocenters. The number of sulfonamides is 1. The van der Waals surface area contributed by atoms with Gasteiger partial charge in [0.15, 0.2) is 0 Å². The fourth-order valence-electron chi connectivity index (χ4n) is 3.79. The molecule has 0 spiro atoms. The Morgan fingerprint density at radius 3 is 2.68 bits per heavy atom. The third kappa shape index (κ3) is 5.28. The first kappa shape index (κ1) is 21.2. The number of carbonyl (C=O) groups is 1. The number of likely N-dealkylation sites (tertiary alicyclic amines) is 1. The zero-order valence-electron chi connectivity index (χ0n) is 15.7. The van der Waals surface area contributed by atoms with Crippen molar-refractivity contribution in [3.8, 4) is 0 Å². The fourth-order valence-corrected chi connectivity index (χ4v) is 5.12. The SMILES string of the molecule is O=C(C[C@H]1CC[C@@H](NS(=O)(=O)c2cccc(F)c2)[C@@H](CO)O1)N1CCCCC1. The molecule has 7 nitrogen and oxygen atoms in total. The van der Waals surface area contributed by atoms with Crippen LogP contribution < -0.4 is 4.72 Å². The number of amides is 1. The second-order valence-corrected chi connectivity index (χ2v) is 9.10. The lowest BCUT2D eigenvalue weighted by molar-refractivity contribution is -0.140. The number of aliphatic hydroxyl groups is 1. The number of carbonyl (C=O) groups excluding carboxylic acids is 1. The highest BCUT2D eigenvalue weighted by atomic mass is 32.2. The number of nitrogens with one attached hydrogen (secondary N) is 1. The van der Waals surface area contributed by atoms with Gasteiger partial charge < -0.3 is 14.7 Å². The summed E-state index contributed by atoms with van der Waals surface area (Å²) in [6.07, 6.45) is 3.24. The first-order valence-corrected chi connectivity index (χ1v) is 11.2. The van der Waals surface area contributed by atoms with Gasteiger partial charge >= 0.3 is 0 Å². The molecule has 28 heavy (non-hydrogen) atoms. The summed E-state index contributed by atoms with van der Waals surface area (Å²) in [5.74, 6) is -0.599. The van der Waals surface area contributed by atoms with E-state index in [-0.39, 0.29) is 29.9 Å². The highest BCUT2D eigenvalue weighted by Crippen LogP contribution is 2.25. The zero-order chi connectivity index (χ0) is 20.1. The van der Waals surface area contributed by atoms with Crippen molar-refractivity contribution in [2.45, 2.75) is 61.7 Å². The van der Waals surface area contributed by atoms with Crippen LogP contribution in [-0.4, -0.2) is 62.3 Å². The third-order valence-electron chi connectivity index (χ3n) is 5.32. The summed E-state index contributed by atoms with van der Waals surface area (Å²) in [6, 6.07) is 4.11. The van der Waals surface area contributed by atoms with Gasteiger partial charge in [0.25, 0.3) is 0 Å². The molecular formula is C19H27FN2O5S. The Morgan fingerprint density at radius 1 is 1.25 bits per heavy atom. The Kier molecular flexibility index (Phi) is 7.03. The van der Waals surface area contributed by atoms with Crippen molar-refractivity contribution in [3.63, 3.8) is 0 Å². The Bertz CT molecular complexity index is 782. The summed E-state index contributed by atoms with van der Waals surface area (Å²) in [7, 11) is -3.94. The summed E-state index contributed by atoms with van der Waals surface area (Å²) in [5.41, 5.74) is 0. The van der Waals surface area contributed by atoms with Crippen molar-refractivity contribution in [2.24, 2.45) is 0 Å². The van der Waals surface area contributed by atoms with Crippen molar-refractivity contribution >= 4 is 15.9 Å². The van der Waals surface area contributed by atoms with Crippen molar-refractivity contribution < 1.29 is 27.4 Å². The van der Waals surface area contributed by atoms with Gasteiger partial charge in [-0.1, -0.05) is 6.07 Å². The van der Waals surface area contributed by atoms with E-state index >= 15 is 0 Å². The van der Waals surface area contributed by atoms with Crippen LogP contribution in [0.2, 0.25) is 0 Å². The van der Waals surface area contributed by atoms with Crippen LogP contribution in [0.15, 0.2) is 29.2 Å². The molecule has 9 heteroatoms. The molecular weight excluding hydrogens is 387 g/mol.